The number of ether oxygens (including phenoxy) is 1. The zero-order valence-corrected chi connectivity index (χ0v) is 22.9. The number of allylic oxidation sites excluding steroid dienone is 1. The molecule has 0 bridgehead atoms. The molecule has 1 aliphatic rings. The topological polar surface area (TPSA) is 9.23 Å². The van der Waals surface area contributed by atoms with Gasteiger partial charge in [-0.25, -0.2) is 0 Å². The molecule has 1 nitrogen and oxygen atoms in total. The molecule has 5 atom stereocenters. The van der Waals surface area contributed by atoms with Crippen molar-refractivity contribution in [2.75, 3.05) is 6.61 Å². The molecule has 0 aliphatic heterocycles. The van der Waals surface area contributed by atoms with Crippen LogP contribution >= 0.6 is 0 Å². The van der Waals surface area contributed by atoms with Crippen LogP contribution in [0.3, 0.4) is 0 Å². The maximum Gasteiger partial charge on any atom is 0.0519 e. The van der Waals surface area contributed by atoms with Crippen LogP contribution in [0.1, 0.15) is 133 Å². The molecule has 184 valence electrons. The van der Waals surface area contributed by atoms with Crippen molar-refractivity contribution in [3.05, 3.63) is 11.6 Å². The van der Waals surface area contributed by atoms with E-state index in [4.69, 9.17) is 4.74 Å². The second kappa shape index (κ2) is 14.8. The smallest absolute Gasteiger partial charge is 0.0519 e. The van der Waals surface area contributed by atoms with Gasteiger partial charge >= 0.3 is 0 Å². The van der Waals surface area contributed by atoms with Gasteiger partial charge in [0, 0.05) is 0 Å². The maximum absolute atomic E-state index is 5.93. The van der Waals surface area contributed by atoms with Crippen molar-refractivity contribution in [3.8, 4) is 0 Å². The third-order valence-electron chi connectivity index (χ3n) is 8.75. The van der Waals surface area contributed by atoms with Crippen LogP contribution in [0.25, 0.3) is 0 Å². The van der Waals surface area contributed by atoms with E-state index >= 15 is 0 Å². The van der Waals surface area contributed by atoms with Crippen LogP contribution in [-0.4, -0.2) is 12.7 Å². The highest BCUT2D eigenvalue weighted by Gasteiger charge is 2.36. The van der Waals surface area contributed by atoms with Gasteiger partial charge < -0.3 is 4.74 Å². The van der Waals surface area contributed by atoms with Gasteiger partial charge in [-0.05, 0) is 87.9 Å². The predicted molar refractivity (Wildman–Crippen MR) is 140 cm³/mol. The average Bonchev–Trinajstić information content (AvgIpc) is 2.80. The van der Waals surface area contributed by atoms with Gasteiger partial charge in [0.25, 0.3) is 0 Å². The second-order valence-corrected chi connectivity index (χ2v) is 11.8. The second-order valence-electron chi connectivity index (χ2n) is 11.8. The highest BCUT2D eigenvalue weighted by Crippen LogP contribution is 2.47. The van der Waals surface area contributed by atoms with E-state index in [1.807, 2.05) is 0 Å². The summed E-state index contributed by atoms with van der Waals surface area (Å²) in [5.41, 5.74) is 1.98. The van der Waals surface area contributed by atoms with E-state index in [2.05, 4.69) is 68.4 Å². The van der Waals surface area contributed by atoms with Crippen LogP contribution in [0.5, 0.6) is 0 Å². The van der Waals surface area contributed by atoms with Crippen molar-refractivity contribution in [2.45, 2.75) is 139 Å². The molecule has 0 radical (unpaired) electrons. The van der Waals surface area contributed by atoms with Gasteiger partial charge in [-0.2, -0.15) is 0 Å². The van der Waals surface area contributed by atoms with Crippen molar-refractivity contribution in [1.29, 1.82) is 0 Å². The van der Waals surface area contributed by atoms with Gasteiger partial charge in [-0.1, -0.05) is 91.7 Å². The van der Waals surface area contributed by atoms with Crippen molar-refractivity contribution in [1.82, 2.24) is 0 Å². The Morgan fingerprint density at radius 1 is 1.00 bits per heavy atom. The van der Waals surface area contributed by atoms with E-state index in [0.717, 1.165) is 42.6 Å². The molecule has 0 aromatic rings. The summed E-state index contributed by atoms with van der Waals surface area (Å²) in [7, 11) is 0. The van der Waals surface area contributed by atoms with E-state index in [-0.39, 0.29) is 0 Å². The summed E-state index contributed by atoms with van der Waals surface area (Å²) in [5, 5.41) is 0. The molecule has 1 saturated carbocycles. The molecule has 0 aromatic heterocycles. The fourth-order valence-electron chi connectivity index (χ4n) is 6.36. The van der Waals surface area contributed by atoms with Crippen molar-refractivity contribution >= 4 is 0 Å². The van der Waals surface area contributed by atoms with Crippen LogP contribution in [0.4, 0.5) is 0 Å². The van der Waals surface area contributed by atoms with E-state index in [1.54, 1.807) is 5.57 Å². The Labute approximate surface area is 197 Å². The van der Waals surface area contributed by atoms with Crippen LogP contribution in [0, 0.1) is 35.0 Å². The van der Waals surface area contributed by atoms with Gasteiger partial charge in [0.05, 0.1) is 12.7 Å². The minimum atomic E-state index is 0.330. The van der Waals surface area contributed by atoms with E-state index in [0.29, 0.717) is 11.5 Å². The SMILES string of the molecule is C/C=C(/CCOC(C)C)[C@](C)(CC)[C@@H]1CCCC[C@H]([C@H](C)CCCC(C)C)[C@@H](C)CC1. The summed E-state index contributed by atoms with van der Waals surface area (Å²) in [4.78, 5) is 0. The molecule has 1 aliphatic carbocycles. The van der Waals surface area contributed by atoms with Gasteiger partial charge in [-0.3, -0.25) is 0 Å². The first-order valence-corrected chi connectivity index (χ1v) is 13.9. The molecule has 0 spiro atoms. The Kier molecular flexibility index (Phi) is 13.7. The largest absolute Gasteiger partial charge is 0.378 e. The summed E-state index contributed by atoms with van der Waals surface area (Å²) in [6.07, 6.45) is 17.9. The number of rotatable bonds is 12. The van der Waals surface area contributed by atoms with Crippen molar-refractivity contribution < 1.29 is 4.74 Å². The van der Waals surface area contributed by atoms with Crippen molar-refractivity contribution in [2.24, 2.45) is 35.0 Å². The molecular weight excluding hydrogens is 376 g/mol. The molecule has 1 heteroatoms. The highest BCUT2D eigenvalue weighted by atomic mass is 16.5. The lowest BCUT2D eigenvalue weighted by Gasteiger charge is -2.40. The maximum atomic E-state index is 5.93. The molecule has 31 heavy (non-hydrogen) atoms. The first-order valence-electron chi connectivity index (χ1n) is 13.9. The third kappa shape index (κ3) is 9.61. The minimum absolute atomic E-state index is 0.330. The van der Waals surface area contributed by atoms with Crippen molar-refractivity contribution in [3.63, 3.8) is 0 Å². The lowest BCUT2D eigenvalue weighted by Crippen LogP contribution is -2.30. The normalized spacial score (nSPS) is 26.9. The predicted octanol–water partition coefficient (Wildman–Crippen LogP) is 9.85. The van der Waals surface area contributed by atoms with Gasteiger partial charge in [0.15, 0.2) is 0 Å². The van der Waals surface area contributed by atoms with E-state index in [1.165, 1.54) is 64.2 Å². The fraction of sp³-hybridized carbons (Fsp3) is 0.933. The third-order valence-corrected chi connectivity index (χ3v) is 8.75. The van der Waals surface area contributed by atoms with E-state index in [9.17, 15) is 0 Å². The minimum Gasteiger partial charge on any atom is -0.378 e. The molecule has 0 aromatic carbocycles. The molecule has 1 rings (SSSR count). The Morgan fingerprint density at radius 2 is 1.68 bits per heavy atom. The molecule has 0 unspecified atom stereocenters. The van der Waals surface area contributed by atoms with Crippen LogP contribution < -0.4 is 0 Å². The van der Waals surface area contributed by atoms with E-state index < -0.39 is 0 Å². The quantitative estimate of drug-likeness (QED) is 0.278. The molecule has 0 N–H and O–H groups in total. The summed E-state index contributed by atoms with van der Waals surface area (Å²) >= 11 is 0. The Morgan fingerprint density at radius 3 is 2.26 bits per heavy atom. The molecule has 0 saturated heterocycles. The summed E-state index contributed by atoms with van der Waals surface area (Å²) in [5.74, 6) is 4.36. The summed E-state index contributed by atoms with van der Waals surface area (Å²) in [6.45, 7) is 22.3. The Bertz CT molecular complexity index is 491. The molecule has 1 fully saturated rings. The first-order chi connectivity index (χ1) is 14.7. The Hall–Kier alpha value is -0.300. The first kappa shape index (κ1) is 28.7. The average molecular weight is 435 g/mol. The van der Waals surface area contributed by atoms with Crippen LogP contribution in [0.2, 0.25) is 0 Å². The lowest BCUT2D eigenvalue weighted by atomic mass is 9.65. The Balaban J connectivity index is 2.80. The standard InChI is InChI=1S/C30H58O/c1-10-27(21-22-31-24(5)6)30(9,11-2)28-17-12-13-18-29(26(8)19-20-28)25(7)16-14-15-23(3)4/h10,23-26,28-29H,11-22H2,1-9H3/b27-10-/t25-,26+,28-,29-,30+/m1/s1. The molecular formula is C30H58O. The zero-order valence-electron chi connectivity index (χ0n) is 22.9. The van der Waals surface area contributed by atoms with Gasteiger partial charge in [0.1, 0.15) is 0 Å². The van der Waals surface area contributed by atoms with Crippen LogP contribution in [0.15, 0.2) is 11.6 Å². The molecule has 0 amide bonds. The summed E-state index contributed by atoms with van der Waals surface area (Å²) < 4.78 is 5.93. The zero-order chi connectivity index (χ0) is 23.4. The van der Waals surface area contributed by atoms with Gasteiger partial charge in [-0.15, -0.1) is 0 Å². The molecule has 0 heterocycles. The monoisotopic (exact) mass is 434 g/mol. The van der Waals surface area contributed by atoms with Crippen LogP contribution in [-0.2, 0) is 4.74 Å². The fourth-order valence-corrected chi connectivity index (χ4v) is 6.36. The number of hydrogen-bond acceptors (Lipinski definition) is 1. The summed E-state index contributed by atoms with van der Waals surface area (Å²) in [6, 6.07) is 0. The number of hydrogen-bond donors (Lipinski definition) is 0. The highest BCUT2D eigenvalue weighted by molar-refractivity contribution is 5.15. The van der Waals surface area contributed by atoms with Gasteiger partial charge in [0.2, 0.25) is 0 Å². The lowest BCUT2D eigenvalue weighted by molar-refractivity contribution is 0.0746.